The van der Waals surface area contributed by atoms with Gasteiger partial charge in [0.2, 0.25) is 5.91 Å². The minimum Gasteiger partial charge on any atom is -0.462 e. The highest BCUT2D eigenvalue weighted by Crippen LogP contribution is 2.34. The third-order valence-electron chi connectivity index (χ3n) is 3.08. The maximum absolute atomic E-state index is 12.3. The van der Waals surface area contributed by atoms with Gasteiger partial charge in [0.25, 0.3) is 0 Å². The standard InChI is InChI=1S/C16H24N2O6S2/c1-4-23-15(20)12-10(2)13(16(21)24-7-6-22-3)26-14(12)18-11(19)9-25-8-5-17/h4-9,17H2,1-3H3,(H,18,19). The number of hydrogen-bond donors (Lipinski definition) is 2. The van der Waals surface area contributed by atoms with Gasteiger partial charge in [-0.1, -0.05) is 0 Å². The molecule has 0 spiro atoms. The summed E-state index contributed by atoms with van der Waals surface area (Å²) < 4.78 is 15.0. The molecule has 0 aliphatic heterocycles. The Labute approximate surface area is 160 Å². The number of carbonyl (C=O) groups excluding carboxylic acids is 3. The molecule has 0 unspecified atom stereocenters. The fourth-order valence-electron chi connectivity index (χ4n) is 1.94. The summed E-state index contributed by atoms with van der Waals surface area (Å²) in [5, 5.41) is 2.95. The third-order valence-corrected chi connectivity index (χ3v) is 5.26. The Morgan fingerprint density at radius 1 is 1.19 bits per heavy atom. The highest BCUT2D eigenvalue weighted by molar-refractivity contribution is 7.99. The third kappa shape index (κ3) is 6.60. The summed E-state index contributed by atoms with van der Waals surface area (Å²) in [6, 6.07) is 0. The normalized spacial score (nSPS) is 10.5. The van der Waals surface area contributed by atoms with Crippen LogP contribution in [-0.2, 0) is 19.0 Å². The summed E-state index contributed by atoms with van der Waals surface area (Å²) in [5.74, 6) is -0.604. The van der Waals surface area contributed by atoms with Crippen molar-refractivity contribution in [2.75, 3.05) is 50.3 Å². The fraction of sp³-hybridized carbons (Fsp3) is 0.562. The SMILES string of the molecule is CCOC(=O)c1c(NC(=O)CSCCN)sc(C(=O)OCCOC)c1C. The smallest absolute Gasteiger partial charge is 0.348 e. The topological polar surface area (TPSA) is 117 Å². The number of thiophene rings is 1. The Balaban J connectivity index is 3.02. The number of hydrogen-bond acceptors (Lipinski definition) is 9. The van der Waals surface area contributed by atoms with Gasteiger partial charge in [-0.15, -0.1) is 11.3 Å². The van der Waals surface area contributed by atoms with Gasteiger partial charge in [-0.25, -0.2) is 9.59 Å². The van der Waals surface area contributed by atoms with E-state index in [0.29, 0.717) is 17.9 Å². The molecule has 0 atom stereocenters. The van der Waals surface area contributed by atoms with Gasteiger partial charge in [0.15, 0.2) is 0 Å². The maximum Gasteiger partial charge on any atom is 0.348 e. The average Bonchev–Trinajstić information content (AvgIpc) is 2.91. The molecule has 26 heavy (non-hydrogen) atoms. The van der Waals surface area contributed by atoms with E-state index in [4.69, 9.17) is 19.9 Å². The molecule has 0 aromatic carbocycles. The van der Waals surface area contributed by atoms with Crippen LogP contribution in [0.1, 0.15) is 32.5 Å². The van der Waals surface area contributed by atoms with E-state index < -0.39 is 11.9 Å². The van der Waals surface area contributed by atoms with Crippen LogP contribution in [0.15, 0.2) is 0 Å². The van der Waals surface area contributed by atoms with Crippen LogP contribution >= 0.6 is 23.1 Å². The molecule has 0 bridgehead atoms. The first kappa shape index (κ1) is 22.4. The average molecular weight is 405 g/mol. The van der Waals surface area contributed by atoms with Crippen LogP contribution < -0.4 is 11.1 Å². The van der Waals surface area contributed by atoms with E-state index in [1.165, 1.54) is 18.9 Å². The van der Waals surface area contributed by atoms with Crippen LogP contribution in [-0.4, -0.2) is 62.8 Å². The monoisotopic (exact) mass is 404 g/mol. The highest BCUT2D eigenvalue weighted by atomic mass is 32.2. The van der Waals surface area contributed by atoms with Crippen molar-refractivity contribution in [2.45, 2.75) is 13.8 Å². The zero-order valence-corrected chi connectivity index (χ0v) is 16.7. The molecule has 1 rings (SSSR count). The molecule has 3 N–H and O–H groups in total. The van der Waals surface area contributed by atoms with Gasteiger partial charge in [-0.05, 0) is 19.4 Å². The van der Waals surface area contributed by atoms with Crippen molar-refractivity contribution < 1.29 is 28.6 Å². The molecule has 10 heteroatoms. The number of nitrogens with two attached hydrogens (primary N) is 1. The molecule has 0 aliphatic rings. The molecule has 0 saturated heterocycles. The lowest BCUT2D eigenvalue weighted by atomic mass is 10.1. The Morgan fingerprint density at radius 2 is 1.92 bits per heavy atom. The lowest BCUT2D eigenvalue weighted by Crippen LogP contribution is -2.17. The second-order valence-electron chi connectivity index (χ2n) is 5.00. The number of carbonyl (C=O) groups is 3. The molecule has 1 aromatic rings. The second kappa shape index (κ2) is 11.9. The first-order valence-corrected chi connectivity index (χ1v) is 9.97. The minimum absolute atomic E-state index is 0.0961. The second-order valence-corrected chi connectivity index (χ2v) is 7.12. The zero-order valence-electron chi connectivity index (χ0n) is 15.1. The van der Waals surface area contributed by atoms with Crippen LogP contribution in [0.5, 0.6) is 0 Å². The number of methoxy groups -OCH3 is 1. The van der Waals surface area contributed by atoms with Crippen LogP contribution in [0.25, 0.3) is 0 Å². The Morgan fingerprint density at radius 3 is 2.54 bits per heavy atom. The Bertz CT molecular complexity index is 633. The number of amides is 1. The van der Waals surface area contributed by atoms with Gasteiger partial charge >= 0.3 is 11.9 Å². The summed E-state index contributed by atoms with van der Waals surface area (Å²) >= 11 is 2.37. The summed E-state index contributed by atoms with van der Waals surface area (Å²) in [6.07, 6.45) is 0. The van der Waals surface area contributed by atoms with Crippen molar-refractivity contribution in [3.63, 3.8) is 0 Å². The molecule has 0 saturated carbocycles. The summed E-state index contributed by atoms with van der Waals surface area (Å²) in [4.78, 5) is 36.8. The fourth-order valence-corrected chi connectivity index (χ4v) is 3.61. The summed E-state index contributed by atoms with van der Waals surface area (Å²) in [5.41, 5.74) is 5.99. The number of rotatable bonds is 11. The summed E-state index contributed by atoms with van der Waals surface area (Å²) in [6.45, 7) is 4.32. The van der Waals surface area contributed by atoms with Crippen LogP contribution in [0.2, 0.25) is 0 Å². The first-order valence-electron chi connectivity index (χ1n) is 8.00. The number of ether oxygens (including phenoxy) is 3. The molecule has 146 valence electrons. The molecule has 1 aromatic heterocycles. The lowest BCUT2D eigenvalue weighted by molar-refractivity contribution is -0.113. The Kier molecular flexibility index (Phi) is 10.3. The van der Waals surface area contributed by atoms with Crippen molar-refractivity contribution >= 4 is 45.9 Å². The van der Waals surface area contributed by atoms with Crippen molar-refractivity contribution in [1.82, 2.24) is 0 Å². The quantitative estimate of drug-likeness (QED) is 0.422. The largest absolute Gasteiger partial charge is 0.462 e. The van der Waals surface area contributed by atoms with Crippen molar-refractivity contribution in [3.8, 4) is 0 Å². The minimum atomic E-state index is -0.595. The number of thioether (sulfide) groups is 1. The molecule has 8 nitrogen and oxygen atoms in total. The van der Waals surface area contributed by atoms with E-state index in [1.54, 1.807) is 13.8 Å². The van der Waals surface area contributed by atoms with E-state index in [9.17, 15) is 14.4 Å². The van der Waals surface area contributed by atoms with Gasteiger partial charge in [-0.2, -0.15) is 11.8 Å². The molecule has 0 radical (unpaired) electrons. The van der Waals surface area contributed by atoms with Crippen LogP contribution in [0.4, 0.5) is 5.00 Å². The lowest BCUT2D eigenvalue weighted by Gasteiger charge is -2.07. The van der Waals surface area contributed by atoms with Gasteiger partial charge in [-0.3, -0.25) is 4.79 Å². The summed E-state index contributed by atoms with van der Waals surface area (Å²) in [7, 11) is 1.50. The molecule has 0 fully saturated rings. The van der Waals surface area contributed by atoms with Crippen LogP contribution in [0, 0.1) is 6.92 Å². The van der Waals surface area contributed by atoms with E-state index in [-0.39, 0.29) is 46.9 Å². The van der Waals surface area contributed by atoms with Gasteiger partial charge in [0, 0.05) is 19.4 Å². The number of anilines is 1. The van der Waals surface area contributed by atoms with Crippen molar-refractivity contribution in [3.05, 3.63) is 16.0 Å². The van der Waals surface area contributed by atoms with E-state index in [0.717, 1.165) is 11.3 Å². The van der Waals surface area contributed by atoms with Crippen molar-refractivity contribution in [2.24, 2.45) is 5.73 Å². The van der Waals surface area contributed by atoms with E-state index in [1.807, 2.05) is 0 Å². The number of esters is 2. The molecular weight excluding hydrogens is 380 g/mol. The maximum atomic E-state index is 12.3. The van der Waals surface area contributed by atoms with E-state index >= 15 is 0 Å². The van der Waals surface area contributed by atoms with Crippen molar-refractivity contribution in [1.29, 1.82) is 0 Å². The predicted octanol–water partition coefficient (Wildman–Crippen LogP) is 1.67. The van der Waals surface area contributed by atoms with Gasteiger partial charge < -0.3 is 25.3 Å². The number of nitrogens with one attached hydrogen (secondary N) is 1. The highest BCUT2D eigenvalue weighted by Gasteiger charge is 2.27. The van der Waals surface area contributed by atoms with Crippen LogP contribution in [0.3, 0.4) is 0 Å². The molecule has 1 amide bonds. The van der Waals surface area contributed by atoms with Gasteiger partial charge in [0.05, 0.1) is 24.5 Å². The Hall–Kier alpha value is -1.62. The first-order chi connectivity index (χ1) is 12.5. The molecular formula is C16H24N2O6S2. The van der Waals surface area contributed by atoms with E-state index in [2.05, 4.69) is 5.32 Å². The molecule has 1 heterocycles. The zero-order chi connectivity index (χ0) is 19.5. The predicted molar refractivity (Wildman–Crippen MR) is 102 cm³/mol. The molecule has 0 aliphatic carbocycles. The van der Waals surface area contributed by atoms with Gasteiger partial charge in [0.1, 0.15) is 16.5 Å².